The van der Waals surface area contributed by atoms with E-state index in [1.807, 2.05) is 37.3 Å². The van der Waals surface area contributed by atoms with Gasteiger partial charge in [0.05, 0.1) is 12.2 Å². The fraction of sp³-hybridized carbons (Fsp3) is 0.533. The van der Waals surface area contributed by atoms with Crippen LogP contribution in [0.5, 0.6) is 0 Å². The lowest BCUT2D eigenvalue weighted by atomic mass is 10.1. The van der Waals surface area contributed by atoms with Gasteiger partial charge in [-0.1, -0.05) is 43.7 Å². The van der Waals surface area contributed by atoms with E-state index < -0.39 is 30.8 Å². The van der Waals surface area contributed by atoms with Gasteiger partial charge in [0.15, 0.2) is 0 Å². The van der Waals surface area contributed by atoms with E-state index in [0.29, 0.717) is 12.8 Å². The summed E-state index contributed by atoms with van der Waals surface area (Å²) in [5.41, 5.74) is 0.937. The van der Waals surface area contributed by atoms with Crippen LogP contribution >= 0.6 is 0 Å². The van der Waals surface area contributed by atoms with Gasteiger partial charge in [0.25, 0.3) is 0 Å². The molecule has 0 radical (unpaired) electrons. The summed E-state index contributed by atoms with van der Waals surface area (Å²) in [7, 11) is 0. The lowest BCUT2D eigenvalue weighted by Crippen LogP contribution is -2.43. The second kappa shape index (κ2) is 6.47. The van der Waals surface area contributed by atoms with Gasteiger partial charge in [-0.2, -0.15) is 13.2 Å². The summed E-state index contributed by atoms with van der Waals surface area (Å²) in [4.78, 5) is 13.2. The average Bonchev–Trinajstić information content (AvgIpc) is 2.68. The molecule has 2 atom stereocenters. The largest absolute Gasteiger partial charge is 0.406 e. The van der Waals surface area contributed by atoms with E-state index in [-0.39, 0.29) is 0 Å². The number of amides is 1. The third kappa shape index (κ3) is 4.20. The molecule has 6 heteroatoms. The number of benzene rings is 1. The summed E-state index contributed by atoms with van der Waals surface area (Å²) < 4.78 is 37.9. The van der Waals surface area contributed by atoms with Crippen LogP contribution in [0.2, 0.25) is 0 Å². The number of nitrogens with zero attached hydrogens (tertiary/aromatic N) is 1. The topological polar surface area (TPSA) is 32.3 Å². The van der Waals surface area contributed by atoms with E-state index in [2.05, 4.69) is 5.32 Å². The first-order valence-corrected chi connectivity index (χ1v) is 7.08. The van der Waals surface area contributed by atoms with Crippen molar-refractivity contribution in [2.24, 2.45) is 0 Å². The molecule has 2 rings (SSSR count). The van der Waals surface area contributed by atoms with E-state index in [1.54, 1.807) is 0 Å². The predicted octanol–water partition coefficient (Wildman–Crippen LogP) is 2.72. The first-order chi connectivity index (χ1) is 9.90. The van der Waals surface area contributed by atoms with E-state index >= 15 is 0 Å². The Labute approximate surface area is 122 Å². The number of halogens is 3. The van der Waals surface area contributed by atoms with Gasteiger partial charge in [-0.3, -0.25) is 10.1 Å². The first kappa shape index (κ1) is 15.8. The molecule has 0 bridgehead atoms. The van der Waals surface area contributed by atoms with Crippen molar-refractivity contribution in [1.82, 2.24) is 10.2 Å². The first-order valence-electron chi connectivity index (χ1n) is 7.08. The molecule has 1 aliphatic heterocycles. The van der Waals surface area contributed by atoms with Crippen LogP contribution < -0.4 is 5.32 Å². The van der Waals surface area contributed by atoms with Crippen molar-refractivity contribution in [3.05, 3.63) is 35.9 Å². The van der Waals surface area contributed by atoms with E-state index in [1.165, 1.54) is 0 Å². The third-order valence-corrected chi connectivity index (χ3v) is 3.55. The molecule has 1 aromatic carbocycles. The van der Waals surface area contributed by atoms with Gasteiger partial charge < -0.3 is 4.90 Å². The minimum absolute atomic E-state index is 0.411. The van der Waals surface area contributed by atoms with Crippen LogP contribution in [-0.2, 0) is 11.2 Å². The van der Waals surface area contributed by atoms with Crippen LogP contribution in [-0.4, -0.2) is 35.7 Å². The SMILES string of the molecule is CCCC1NC(Cc2ccccc2)C(=O)N1CC(F)(F)F. The van der Waals surface area contributed by atoms with Gasteiger partial charge in [-0.25, -0.2) is 0 Å². The molecule has 0 aliphatic carbocycles. The highest BCUT2D eigenvalue weighted by Gasteiger charge is 2.43. The second-order valence-electron chi connectivity index (χ2n) is 5.29. The number of carbonyl (C=O) groups is 1. The standard InChI is InChI=1S/C15H19F3N2O/c1-2-6-13-19-12(9-11-7-4-3-5-8-11)14(21)20(13)10-15(16,17)18/h3-5,7-8,12-13,19H,2,6,9-10H2,1H3. The van der Waals surface area contributed by atoms with E-state index in [4.69, 9.17) is 0 Å². The maximum Gasteiger partial charge on any atom is 0.406 e. The molecule has 1 aromatic rings. The Hall–Kier alpha value is -1.56. The molecular weight excluding hydrogens is 281 g/mol. The normalized spacial score (nSPS) is 22.9. The summed E-state index contributed by atoms with van der Waals surface area (Å²) >= 11 is 0. The maximum atomic E-state index is 12.6. The lowest BCUT2D eigenvalue weighted by molar-refractivity contribution is -0.161. The van der Waals surface area contributed by atoms with Gasteiger partial charge in [0, 0.05) is 0 Å². The molecule has 1 amide bonds. The van der Waals surface area contributed by atoms with Gasteiger partial charge in [-0.05, 0) is 18.4 Å². The Bertz CT molecular complexity index is 476. The minimum Gasteiger partial charge on any atom is -0.317 e. The average molecular weight is 300 g/mol. The van der Waals surface area contributed by atoms with Gasteiger partial charge >= 0.3 is 6.18 Å². The fourth-order valence-corrected chi connectivity index (χ4v) is 2.64. The highest BCUT2D eigenvalue weighted by atomic mass is 19.4. The number of carbonyl (C=O) groups excluding carboxylic acids is 1. The number of rotatable bonds is 5. The summed E-state index contributed by atoms with van der Waals surface area (Å²) in [5, 5.41) is 3.04. The van der Waals surface area contributed by atoms with Gasteiger partial charge in [0.1, 0.15) is 6.54 Å². The zero-order valence-electron chi connectivity index (χ0n) is 11.9. The molecule has 116 valence electrons. The number of hydrogen-bond acceptors (Lipinski definition) is 2. The molecule has 1 fully saturated rings. The molecule has 1 aliphatic rings. The van der Waals surface area contributed by atoms with Crippen molar-refractivity contribution in [2.45, 2.75) is 44.6 Å². The van der Waals surface area contributed by atoms with Crippen LogP contribution in [0.15, 0.2) is 30.3 Å². The molecule has 1 saturated heterocycles. The number of nitrogens with one attached hydrogen (secondary N) is 1. The van der Waals surface area contributed by atoms with Crippen molar-refractivity contribution >= 4 is 5.91 Å². The predicted molar refractivity (Wildman–Crippen MR) is 73.5 cm³/mol. The zero-order valence-corrected chi connectivity index (χ0v) is 11.9. The van der Waals surface area contributed by atoms with Crippen molar-refractivity contribution in [1.29, 1.82) is 0 Å². The molecule has 0 spiro atoms. The Balaban J connectivity index is 2.09. The molecule has 0 saturated carbocycles. The highest BCUT2D eigenvalue weighted by molar-refractivity contribution is 5.84. The van der Waals surface area contributed by atoms with E-state index in [9.17, 15) is 18.0 Å². The summed E-state index contributed by atoms with van der Waals surface area (Å²) in [6, 6.07) is 8.74. The Kier molecular flexibility index (Phi) is 4.88. The monoisotopic (exact) mass is 300 g/mol. The van der Waals surface area contributed by atoms with Crippen LogP contribution in [0.25, 0.3) is 0 Å². The van der Waals surface area contributed by atoms with E-state index in [0.717, 1.165) is 16.9 Å². The van der Waals surface area contributed by atoms with Crippen LogP contribution in [0.4, 0.5) is 13.2 Å². The third-order valence-electron chi connectivity index (χ3n) is 3.55. The molecular formula is C15H19F3N2O. The molecule has 21 heavy (non-hydrogen) atoms. The second-order valence-corrected chi connectivity index (χ2v) is 5.29. The minimum atomic E-state index is -4.37. The maximum absolute atomic E-state index is 12.6. The van der Waals surface area contributed by atoms with Gasteiger partial charge in [0.2, 0.25) is 5.91 Å². The van der Waals surface area contributed by atoms with Crippen molar-refractivity contribution in [3.63, 3.8) is 0 Å². The Morgan fingerprint density at radius 3 is 2.48 bits per heavy atom. The Morgan fingerprint density at radius 2 is 1.90 bits per heavy atom. The number of alkyl halides is 3. The summed E-state index contributed by atoms with van der Waals surface area (Å²) in [6.45, 7) is 0.706. The van der Waals surface area contributed by atoms with Gasteiger partial charge in [-0.15, -0.1) is 0 Å². The fourth-order valence-electron chi connectivity index (χ4n) is 2.64. The van der Waals surface area contributed by atoms with Crippen LogP contribution in [0.3, 0.4) is 0 Å². The quantitative estimate of drug-likeness (QED) is 0.907. The van der Waals surface area contributed by atoms with Crippen molar-refractivity contribution in [3.8, 4) is 0 Å². The molecule has 2 unspecified atom stereocenters. The smallest absolute Gasteiger partial charge is 0.317 e. The van der Waals surface area contributed by atoms with Crippen LogP contribution in [0, 0.1) is 0 Å². The van der Waals surface area contributed by atoms with Crippen LogP contribution in [0.1, 0.15) is 25.3 Å². The molecule has 1 heterocycles. The molecule has 1 N–H and O–H groups in total. The zero-order chi connectivity index (χ0) is 15.5. The molecule has 3 nitrogen and oxygen atoms in total. The van der Waals surface area contributed by atoms with Crippen molar-refractivity contribution in [2.75, 3.05) is 6.54 Å². The summed E-state index contributed by atoms with van der Waals surface area (Å²) in [6.07, 6.45) is -3.25. The Morgan fingerprint density at radius 1 is 1.24 bits per heavy atom. The summed E-state index contributed by atoms with van der Waals surface area (Å²) in [5.74, 6) is -0.463. The highest BCUT2D eigenvalue weighted by Crippen LogP contribution is 2.24. The lowest BCUT2D eigenvalue weighted by Gasteiger charge is -2.24. The van der Waals surface area contributed by atoms with Crippen molar-refractivity contribution < 1.29 is 18.0 Å². The molecule has 0 aromatic heterocycles. The number of hydrogen-bond donors (Lipinski definition) is 1.